The first-order valence-electron chi connectivity index (χ1n) is 6.41. The standard InChI is InChI=1S/C14H17FN2/c15-14-16-13-9-5-4-6-11(13)10-17(14)12-7-2-1-3-8-12/h4-6,9-10,12,14H,1-3,7-8H2. The third kappa shape index (κ3) is 2.06. The van der Waals surface area contributed by atoms with E-state index in [2.05, 4.69) is 4.99 Å². The lowest BCUT2D eigenvalue weighted by Gasteiger charge is -2.35. The molecule has 2 nitrogen and oxygen atoms in total. The molecule has 3 heteroatoms. The van der Waals surface area contributed by atoms with E-state index >= 15 is 0 Å². The lowest BCUT2D eigenvalue weighted by atomic mass is 9.94. The molecular weight excluding hydrogens is 215 g/mol. The molecule has 0 saturated heterocycles. The van der Waals surface area contributed by atoms with Gasteiger partial charge in [0.25, 0.3) is 6.42 Å². The van der Waals surface area contributed by atoms with Crippen LogP contribution in [0.1, 0.15) is 32.1 Å². The minimum Gasteiger partial charge on any atom is -0.327 e. The molecule has 1 unspecified atom stereocenters. The van der Waals surface area contributed by atoms with E-state index < -0.39 is 6.42 Å². The second-order valence-electron chi connectivity index (χ2n) is 4.87. The van der Waals surface area contributed by atoms with Crippen molar-refractivity contribution in [3.8, 4) is 0 Å². The summed E-state index contributed by atoms with van der Waals surface area (Å²) in [5.41, 5.74) is 0. The summed E-state index contributed by atoms with van der Waals surface area (Å²) in [4.78, 5) is 5.94. The predicted octanol–water partition coefficient (Wildman–Crippen LogP) is 1.95. The van der Waals surface area contributed by atoms with E-state index in [4.69, 9.17) is 0 Å². The lowest BCUT2D eigenvalue weighted by Crippen LogP contribution is -2.45. The summed E-state index contributed by atoms with van der Waals surface area (Å²) in [6.45, 7) is 0. The minimum atomic E-state index is -1.20. The molecule has 2 aliphatic rings. The van der Waals surface area contributed by atoms with Crippen molar-refractivity contribution in [3.63, 3.8) is 0 Å². The number of hydrogen-bond donors (Lipinski definition) is 0. The molecule has 0 N–H and O–H groups in total. The highest BCUT2D eigenvalue weighted by Gasteiger charge is 2.25. The van der Waals surface area contributed by atoms with Gasteiger partial charge in [0, 0.05) is 17.5 Å². The SMILES string of the molecule is FC1N=c2ccccc2=CN1C1CCCCC1. The van der Waals surface area contributed by atoms with Gasteiger partial charge in [0.05, 0.1) is 5.36 Å². The Kier molecular flexibility index (Phi) is 2.83. The molecule has 1 heterocycles. The molecule has 0 bridgehead atoms. The quantitative estimate of drug-likeness (QED) is 0.676. The average Bonchev–Trinajstić information content (AvgIpc) is 2.39. The van der Waals surface area contributed by atoms with Crippen LogP contribution in [0.3, 0.4) is 0 Å². The van der Waals surface area contributed by atoms with Crippen molar-refractivity contribution < 1.29 is 4.39 Å². The van der Waals surface area contributed by atoms with E-state index in [0.29, 0.717) is 6.04 Å². The maximum absolute atomic E-state index is 14.0. The molecule has 3 rings (SSSR count). The van der Waals surface area contributed by atoms with Crippen molar-refractivity contribution in [1.82, 2.24) is 4.90 Å². The van der Waals surface area contributed by atoms with Gasteiger partial charge in [-0.2, -0.15) is 4.39 Å². The molecule has 1 aromatic rings. The van der Waals surface area contributed by atoms with Crippen molar-refractivity contribution in [1.29, 1.82) is 0 Å². The zero-order valence-corrected chi connectivity index (χ0v) is 9.85. The van der Waals surface area contributed by atoms with Crippen molar-refractivity contribution in [3.05, 3.63) is 34.8 Å². The van der Waals surface area contributed by atoms with Gasteiger partial charge < -0.3 is 4.90 Å². The fourth-order valence-corrected chi connectivity index (χ4v) is 2.78. The van der Waals surface area contributed by atoms with Gasteiger partial charge in [0.2, 0.25) is 0 Å². The zero-order valence-electron chi connectivity index (χ0n) is 9.85. The zero-order chi connectivity index (χ0) is 11.7. The molecule has 90 valence electrons. The highest BCUT2D eigenvalue weighted by molar-refractivity contribution is 5.25. The summed E-state index contributed by atoms with van der Waals surface area (Å²) in [6, 6.07) is 8.08. The maximum atomic E-state index is 14.0. The summed E-state index contributed by atoms with van der Waals surface area (Å²) in [7, 11) is 0. The number of benzene rings is 1. The minimum absolute atomic E-state index is 0.329. The molecular formula is C14H17FN2. The lowest BCUT2D eigenvalue weighted by molar-refractivity contribution is 0.0890. The van der Waals surface area contributed by atoms with Gasteiger partial charge in [-0.05, 0) is 18.9 Å². The largest absolute Gasteiger partial charge is 0.327 e. The molecule has 1 aliphatic heterocycles. The molecule has 1 saturated carbocycles. The van der Waals surface area contributed by atoms with Crippen LogP contribution in [0.4, 0.5) is 4.39 Å². The second kappa shape index (κ2) is 4.47. The van der Waals surface area contributed by atoms with Gasteiger partial charge in [-0.15, -0.1) is 0 Å². The highest BCUT2D eigenvalue weighted by Crippen LogP contribution is 2.25. The number of rotatable bonds is 1. The molecule has 1 aliphatic carbocycles. The highest BCUT2D eigenvalue weighted by atomic mass is 19.1. The Morgan fingerprint density at radius 3 is 2.71 bits per heavy atom. The normalized spacial score (nSPS) is 24.8. The Labute approximate surface area is 100 Å². The van der Waals surface area contributed by atoms with Crippen LogP contribution in [0.25, 0.3) is 6.20 Å². The molecule has 17 heavy (non-hydrogen) atoms. The van der Waals surface area contributed by atoms with Gasteiger partial charge >= 0.3 is 0 Å². The van der Waals surface area contributed by atoms with Crippen LogP contribution in [0, 0.1) is 0 Å². The molecule has 0 spiro atoms. The first kappa shape index (κ1) is 10.8. The van der Waals surface area contributed by atoms with Crippen LogP contribution in [0.2, 0.25) is 0 Å². The number of para-hydroxylation sites is 1. The Morgan fingerprint density at radius 2 is 1.88 bits per heavy atom. The van der Waals surface area contributed by atoms with E-state index in [1.54, 1.807) is 0 Å². The van der Waals surface area contributed by atoms with Crippen molar-refractivity contribution >= 4 is 6.20 Å². The molecule has 0 amide bonds. The first-order chi connectivity index (χ1) is 8.34. The van der Waals surface area contributed by atoms with Gasteiger partial charge in [0.1, 0.15) is 0 Å². The van der Waals surface area contributed by atoms with Crippen LogP contribution >= 0.6 is 0 Å². The van der Waals surface area contributed by atoms with Crippen LogP contribution in [0.5, 0.6) is 0 Å². The Morgan fingerprint density at radius 1 is 1.12 bits per heavy atom. The molecule has 0 aromatic heterocycles. The second-order valence-corrected chi connectivity index (χ2v) is 4.87. The molecule has 1 aromatic carbocycles. The number of hydrogen-bond acceptors (Lipinski definition) is 2. The monoisotopic (exact) mass is 232 g/mol. The summed E-state index contributed by atoms with van der Waals surface area (Å²) in [6.07, 6.45) is 6.64. The maximum Gasteiger partial charge on any atom is 0.267 e. The summed E-state index contributed by atoms with van der Waals surface area (Å²) in [5, 5.41) is 1.80. The summed E-state index contributed by atoms with van der Waals surface area (Å²) >= 11 is 0. The van der Waals surface area contributed by atoms with Gasteiger partial charge in [-0.25, -0.2) is 4.99 Å². The van der Waals surface area contributed by atoms with Crippen molar-refractivity contribution in [2.75, 3.05) is 0 Å². The van der Waals surface area contributed by atoms with Gasteiger partial charge in [-0.1, -0.05) is 37.5 Å². The Balaban J connectivity index is 1.95. The summed E-state index contributed by atoms with van der Waals surface area (Å²) < 4.78 is 14.0. The van der Waals surface area contributed by atoms with E-state index in [1.807, 2.05) is 35.4 Å². The van der Waals surface area contributed by atoms with E-state index in [1.165, 1.54) is 19.3 Å². The average molecular weight is 232 g/mol. The van der Waals surface area contributed by atoms with E-state index in [-0.39, 0.29) is 0 Å². The number of nitrogens with zero attached hydrogens (tertiary/aromatic N) is 2. The van der Waals surface area contributed by atoms with E-state index in [9.17, 15) is 4.39 Å². The van der Waals surface area contributed by atoms with Crippen LogP contribution < -0.4 is 10.6 Å². The van der Waals surface area contributed by atoms with Crippen LogP contribution in [0.15, 0.2) is 29.3 Å². The number of fused-ring (bicyclic) bond motifs is 1. The smallest absolute Gasteiger partial charge is 0.267 e. The predicted molar refractivity (Wildman–Crippen MR) is 65.3 cm³/mol. The fourth-order valence-electron chi connectivity index (χ4n) is 2.78. The number of halogens is 1. The molecule has 0 radical (unpaired) electrons. The van der Waals surface area contributed by atoms with E-state index in [0.717, 1.165) is 23.4 Å². The molecule has 1 atom stereocenters. The number of alkyl halides is 1. The van der Waals surface area contributed by atoms with Crippen molar-refractivity contribution in [2.24, 2.45) is 4.99 Å². The van der Waals surface area contributed by atoms with Gasteiger partial charge in [0.15, 0.2) is 0 Å². The van der Waals surface area contributed by atoms with Crippen LogP contribution in [-0.2, 0) is 0 Å². The molecule has 1 fully saturated rings. The first-order valence-corrected chi connectivity index (χ1v) is 6.41. The van der Waals surface area contributed by atoms with Crippen LogP contribution in [-0.4, -0.2) is 17.4 Å². The fraction of sp³-hybridized carbons (Fsp3) is 0.500. The third-order valence-electron chi connectivity index (χ3n) is 3.71. The van der Waals surface area contributed by atoms with Crippen molar-refractivity contribution in [2.45, 2.75) is 44.6 Å². The third-order valence-corrected chi connectivity index (χ3v) is 3.71. The summed E-state index contributed by atoms with van der Waals surface area (Å²) in [5.74, 6) is 0. The Bertz CT molecular complexity index is 505. The topological polar surface area (TPSA) is 15.6 Å². The van der Waals surface area contributed by atoms with Gasteiger partial charge in [-0.3, -0.25) is 0 Å². The Hall–Kier alpha value is -1.38.